The van der Waals surface area contributed by atoms with E-state index < -0.39 is 10.0 Å². The van der Waals surface area contributed by atoms with Gasteiger partial charge in [0.25, 0.3) is 0 Å². The average molecular weight is 321 g/mol. The van der Waals surface area contributed by atoms with Crippen LogP contribution in [0.15, 0.2) is 23.1 Å². The molecule has 5 nitrogen and oxygen atoms in total. The second-order valence-electron chi connectivity index (χ2n) is 4.43. The van der Waals surface area contributed by atoms with Gasteiger partial charge in [-0.3, -0.25) is 0 Å². The Morgan fingerprint density at radius 2 is 2.10 bits per heavy atom. The maximum absolute atomic E-state index is 12.2. The molecule has 114 valence electrons. The average Bonchev–Trinajstić information content (AvgIpc) is 2.43. The Balaban J connectivity index is 2.89. The summed E-state index contributed by atoms with van der Waals surface area (Å²) < 4.78 is 31.9. The molecular formula is C13H21ClN2O3S. The minimum Gasteiger partial charge on any atom is -0.380 e. The van der Waals surface area contributed by atoms with Gasteiger partial charge in [-0.2, -0.15) is 0 Å². The summed E-state index contributed by atoms with van der Waals surface area (Å²) in [4.78, 5) is 0.207. The fraction of sp³-hybridized carbons (Fsp3) is 0.538. The topological polar surface area (TPSA) is 67.4 Å². The summed E-state index contributed by atoms with van der Waals surface area (Å²) in [6, 6.07) is 4.69. The Kier molecular flexibility index (Phi) is 6.91. The summed E-state index contributed by atoms with van der Waals surface area (Å²) in [6.45, 7) is 5.32. The van der Waals surface area contributed by atoms with Crippen LogP contribution in [0.5, 0.6) is 0 Å². The summed E-state index contributed by atoms with van der Waals surface area (Å²) >= 11 is 6.06. The Bertz CT molecular complexity index is 534. The molecule has 0 saturated carbocycles. The van der Waals surface area contributed by atoms with Crippen LogP contribution in [0.1, 0.15) is 19.4 Å². The maximum Gasteiger partial charge on any atom is 0.240 e. The third-order valence-electron chi connectivity index (χ3n) is 2.86. The molecule has 0 spiro atoms. The first-order valence-electron chi connectivity index (χ1n) is 6.42. The molecule has 1 atom stereocenters. The molecule has 2 N–H and O–H groups in total. The molecule has 0 bridgehead atoms. The molecule has 0 radical (unpaired) electrons. The molecule has 1 aromatic carbocycles. The summed E-state index contributed by atoms with van der Waals surface area (Å²) in [5.74, 6) is 0. The van der Waals surface area contributed by atoms with Gasteiger partial charge in [0.2, 0.25) is 10.0 Å². The first kappa shape index (κ1) is 17.4. The van der Waals surface area contributed by atoms with Gasteiger partial charge in [0.1, 0.15) is 0 Å². The van der Waals surface area contributed by atoms with Crippen molar-refractivity contribution < 1.29 is 13.2 Å². The van der Waals surface area contributed by atoms with E-state index >= 15 is 0 Å². The van der Waals surface area contributed by atoms with E-state index in [9.17, 15) is 8.42 Å². The van der Waals surface area contributed by atoms with Gasteiger partial charge >= 0.3 is 0 Å². The van der Waals surface area contributed by atoms with E-state index in [2.05, 4.69) is 10.0 Å². The number of benzene rings is 1. The Morgan fingerprint density at radius 1 is 1.40 bits per heavy atom. The van der Waals surface area contributed by atoms with E-state index in [1.54, 1.807) is 19.1 Å². The van der Waals surface area contributed by atoms with Crippen molar-refractivity contribution in [2.45, 2.75) is 31.4 Å². The highest BCUT2D eigenvalue weighted by Gasteiger charge is 2.16. The predicted molar refractivity (Wildman–Crippen MR) is 80.5 cm³/mol. The second-order valence-corrected chi connectivity index (χ2v) is 6.61. The molecule has 0 amide bonds. The van der Waals surface area contributed by atoms with Gasteiger partial charge in [-0.05, 0) is 37.2 Å². The highest BCUT2D eigenvalue weighted by atomic mass is 35.5. The van der Waals surface area contributed by atoms with Crippen molar-refractivity contribution >= 4 is 21.6 Å². The Labute approximate surface area is 125 Å². The van der Waals surface area contributed by atoms with Crippen molar-refractivity contribution in [1.82, 2.24) is 10.0 Å². The van der Waals surface area contributed by atoms with Gasteiger partial charge < -0.3 is 10.1 Å². The first-order valence-corrected chi connectivity index (χ1v) is 8.28. The monoisotopic (exact) mass is 320 g/mol. The largest absolute Gasteiger partial charge is 0.380 e. The number of ether oxygens (including phenoxy) is 1. The molecule has 0 aliphatic carbocycles. The van der Waals surface area contributed by atoms with Crippen LogP contribution in [0.3, 0.4) is 0 Å². The van der Waals surface area contributed by atoms with E-state index in [0.29, 0.717) is 11.6 Å². The number of nitrogens with one attached hydrogen (secondary N) is 2. The lowest BCUT2D eigenvalue weighted by Crippen LogP contribution is -2.31. The second kappa shape index (κ2) is 7.95. The van der Waals surface area contributed by atoms with Gasteiger partial charge in [-0.1, -0.05) is 18.5 Å². The van der Waals surface area contributed by atoms with Gasteiger partial charge in [-0.15, -0.1) is 0 Å². The van der Waals surface area contributed by atoms with E-state index in [-0.39, 0.29) is 17.5 Å². The molecule has 1 rings (SSSR count). The van der Waals surface area contributed by atoms with Crippen molar-refractivity contribution in [3.05, 3.63) is 28.8 Å². The molecule has 0 aromatic heterocycles. The summed E-state index contributed by atoms with van der Waals surface area (Å²) in [7, 11) is -2.01. The Morgan fingerprint density at radius 3 is 2.70 bits per heavy atom. The summed E-state index contributed by atoms with van der Waals surface area (Å²) in [5.41, 5.74) is 0.760. The van der Waals surface area contributed by atoms with Crippen molar-refractivity contribution in [2.24, 2.45) is 0 Å². The third-order valence-corrected chi connectivity index (χ3v) is 4.65. The summed E-state index contributed by atoms with van der Waals surface area (Å²) in [6.07, 6.45) is -0.182. The van der Waals surface area contributed by atoms with Crippen LogP contribution >= 0.6 is 11.6 Å². The van der Waals surface area contributed by atoms with Crippen LogP contribution in [-0.2, 0) is 21.3 Å². The number of halogens is 1. The van der Waals surface area contributed by atoms with Crippen LogP contribution in [0.25, 0.3) is 0 Å². The number of hydrogen-bond donors (Lipinski definition) is 2. The van der Waals surface area contributed by atoms with Crippen LogP contribution in [0, 0.1) is 0 Å². The van der Waals surface area contributed by atoms with E-state index in [1.165, 1.54) is 13.2 Å². The quantitative estimate of drug-likeness (QED) is 0.766. The van der Waals surface area contributed by atoms with Gasteiger partial charge in [0.15, 0.2) is 0 Å². The molecule has 20 heavy (non-hydrogen) atoms. The molecule has 1 aromatic rings. The van der Waals surface area contributed by atoms with Gasteiger partial charge in [-0.25, -0.2) is 13.1 Å². The van der Waals surface area contributed by atoms with E-state index in [0.717, 1.165) is 12.1 Å². The highest BCUT2D eigenvalue weighted by Crippen LogP contribution is 2.20. The van der Waals surface area contributed by atoms with Gasteiger partial charge in [0, 0.05) is 25.2 Å². The molecule has 0 aliphatic heterocycles. The first-order chi connectivity index (χ1) is 9.40. The van der Waals surface area contributed by atoms with Crippen LogP contribution in [0.4, 0.5) is 0 Å². The molecule has 0 aliphatic rings. The molecule has 0 saturated heterocycles. The van der Waals surface area contributed by atoms with Crippen LogP contribution in [0.2, 0.25) is 5.02 Å². The lowest BCUT2D eigenvalue weighted by atomic mass is 10.2. The van der Waals surface area contributed by atoms with E-state index in [1.807, 2.05) is 6.92 Å². The van der Waals surface area contributed by atoms with Crippen LogP contribution in [-0.4, -0.2) is 34.7 Å². The van der Waals surface area contributed by atoms with Crippen molar-refractivity contribution in [3.8, 4) is 0 Å². The summed E-state index contributed by atoms with van der Waals surface area (Å²) in [5, 5.41) is 3.67. The molecule has 0 heterocycles. The standard InChI is InChI=1S/C13H21ClN2O3S/c1-4-15-9-11-7-12(5-6-13(11)14)20(17,18)16-8-10(2)19-3/h5-7,10,15-16H,4,8-9H2,1-3H3. The minimum absolute atomic E-state index is 0.182. The fourth-order valence-electron chi connectivity index (χ4n) is 1.51. The number of rotatable bonds is 8. The number of hydrogen-bond acceptors (Lipinski definition) is 4. The fourth-order valence-corrected chi connectivity index (χ4v) is 2.86. The zero-order valence-electron chi connectivity index (χ0n) is 11.9. The van der Waals surface area contributed by atoms with Crippen molar-refractivity contribution in [1.29, 1.82) is 0 Å². The third kappa shape index (κ3) is 5.03. The van der Waals surface area contributed by atoms with Crippen molar-refractivity contribution in [3.63, 3.8) is 0 Å². The smallest absolute Gasteiger partial charge is 0.240 e. The van der Waals surface area contributed by atoms with Crippen molar-refractivity contribution in [2.75, 3.05) is 20.2 Å². The highest BCUT2D eigenvalue weighted by molar-refractivity contribution is 7.89. The van der Waals surface area contributed by atoms with E-state index in [4.69, 9.17) is 16.3 Å². The van der Waals surface area contributed by atoms with Gasteiger partial charge in [0.05, 0.1) is 11.0 Å². The molecular weight excluding hydrogens is 300 g/mol. The normalized spacial score (nSPS) is 13.4. The molecule has 1 unspecified atom stereocenters. The minimum atomic E-state index is -3.55. The predicted octanol–water partition coefficient (Wildman–Crippen LogP) is 1.76. The zero-order valence-corrected chi connectivity index (χ0v) is 13.5. The zero-order chi connectivity index (χ0) is 15.2. The number of methoxy groups -OCH3 is 1. The molecule has 7 heteroatoms. The SMILES string of the molecule is CCNCc1cc(S(=O)(=O)NCC(C)OC)ccc1Cl. The Hall–Kier alpha value is -0.660. The lowest BCUT2D eigenvalue weighted by molar-refractivity contribution is 0.122. The molecule has 0 fully saturated rings. The van der Waals surface area contributed by atoms with Crippen LogP contribution < -0.4 is 10.0 Å². The lowest BCUT2D eigenvalue weighted by Gasteiger charge is -2.13. The number of sulfonamides is 1. The maximum atomic E-state index is 12.2.